The van der Waals surface area contributed by atoms with E-state index in [1.165, 1.54) is 52.4 Å². The van der Waals surface area contributed by atoms with Crippen molar-refractivity contribution in [2.75, 3.05) is 59.8 Å². The Morgan fingerprint density at radius 3 is 1.60 bits per heavy atom. The molecular weight excluding hydrogens is 1370 g/mol. The summed E-state index contributed by atoms with van der Waals surface area (Å²) in [6, 6.07) is -1.41. The van der Waals surface area contributed by atoms with Crippen LogP contribution in [-0.2, 0) is 84.7 Å². The fraction of sp³-hybridized carbons (Fsp3) is 0.873. The van der Waals surface area contributed by atoms with E-state index in [2.05, 4.69) is 41.1 Å². The van der Waals surface area contributed by atoms with Gasteiger partial charge in [0.2, 0.25) is 17.7 Å². The molecule has 0 aromatic rings. The third kappa shape index (κ3) is 33.7. The Labute approximate surface area is 607 Å². The van der Waals surface area contributed by atoms with Gasteiger partial charge in [-0.25, -0.2) is 4.57 Å². The Hall–Kier alpha value is -3.74. The van der Waals surface area contributed by atoms with Crippen molar-refractivity contribution in [3.05, 3.63) is 24.3 Å². The van der Waals surface area contributed by atoms with Gasteiger partial charge in [-0.15, -0.1) is 0 Å². The first-order chi connectivity index (χ1) is 49.4. The van der Waals surface area contributed by atoms with Gasteiger partial charge < -0.3 is 110 Å². The van der Waals surface area contributed by atoms with E-state index in [1.807, 2.05) is 13.0 Å². The molecule has 13 N–H and O–H groups in total. The van der Waals surface area contributed by atoms with Gasteiger partial charge in [-0.2, -0.15) is 0 Å². The number of hydrogen-bond donors (Lipinski definition) is 13. The van der Waals surface area contributed by atoms with Crippen molar-refractivity contribution in [3.63, 3.8) is 0 Å². The molecule has 0 aromatic carbocycles. The number of ether oxygens (including phenoxy) is 9. The SMILES string of the molecule is C/C=C\CCCCCCCC(=O)OC[C@H](COP(=O)(OC)OCCNC(=O)CCCCC(=O)NCCCO[C@@H]1OC(CO)[C@@H](O[C@@H]2OC(C)[C@@H](O)C(O)[C@@H]2O)[C@H](O[C@@H]2CC(CO)[C@H](O)[C@H](O)C2O[C@@H]2OC(C)[C@@H](O)[C@H](O)C2O)C1NC(C)=O)OC(=O)CCCCCCC/C=C\CCCCCCCC. The molecule has 0 aromatic heterocycles. The predicted molar refractivity (Wildman–Crippen MR) is 373 cm³/mol. The number of amides is 3. The zero-order valence-corrected chi connectivity index (χ0v) is 62.3. The van der Waals surface area contributed by atoms with Crippen LogP contribution in [0.2, 0.25) is 0 Å². The van der Waals surface area contributed by atoms with Crippen molar-refractivity contribution in [1.82, 2.24) is 16.0 Å². The Balaban J connectivity index is 1.25. The van der Waals surface area contributed by atoms with Crippen molar-refractivity contribution >= 4 is 37.5 Å². The summed E-state index contributed by atoms with van der Waals surface area (Å²) in [7, 11) is -3.15. The van der Waals surface area contributed by atoms with Crippen molar-refractivity contribution < 1.29 is 136 Å². The maximum atomic E-state index is 13.5. The van der Waals surface area contributed by atoms with Crippen LogP contribution in [-0.4, -0.2) is 263 Å². The van der Waals surface area contributed by atoms with E-state index in [4.69, 9.17) is 56.2 Å². The number of phosphoric acid groups is 1. The van der Waals surface area contributed by atoms with Gasteiger partial charge in [0.15, 0.2) is 25.0 Å². The number of allylic oxidation sites excluding steroid dienone is 4. The Morgan fingerprint density at radius 1 is 0.534 bits per heavy atom. The number of phosphoric ester groups is 1. The fourth-order valence-corrected chi connectivity index (χ4v) is 13.5. The molecule has 4 rings (SSSR count). The van der Waals surface area contributed by atoms with Crippen LogP contribution < -0.4 is 16.0 Å². The molecule has 0 bridgehead atoms. The molecule has 4 aliphatic rings. The van der Waals surface area contributed by atoms with Crippen LogP contribution in [0, 0.1) is 5.92 Å². The lowest BCUT2D eigenvalue weighted by molar-refractivity contribution is -0.361. The number of aliphatic hydroxyl groups excluding tert-OH is 10. The zero-order valence-electron chi connectivity index (χ0n) is 61.5. The van der Waals surface area contributed by atoms with Crippen LogP contribution in [0.3, 0.4) is 0 Å². The van der Waals surface area contributed by atoms with E-state index in [9.17, 15) is 79.6 Å². The Bertz CT molecular complexity index is 2470. The van der Waals surface area contributed by atoms with Gasteiger partial charge in [0, 0.05) is 65.3 Å². The second-order valence-electron chi connectivity index (χ2n) is 27.2. The molecule has 3 aliphatic heterocycles. The zero-order chi connectivity index (χ0) is 75.7. The molecule has 0 spiro atoms. The Kier molecular flexibility index (Phi) is 45.9. The summed E-state index contributed by atoms with van der Waals surface area (Å²) in [6.07, 6.45) is -0.215. The highest BCUT2D eigenvalue weighted by atomic mass is 31.2. The number of nitrogens with one attached hydrogen (secondary N) is 3. The molecule has 22 atom stereocenters. The van der Waals surface area contributed by atoms with Gasteiger partial charge in [0.25, 0.3) is 0 Å². The monoisotopic (exact) mass is 1500 g/mol. The minimum atomic E-state index is -4.26. The first kappa shape index (κ1) is 91.6. The third-order valence-corrected chi connectivity index (χ3v) is 20.1. The van der Waals surface area contributed by atoms with Crippen molar-refractivity contribution in [3.8, 4) is 0 Å². The molecule has 1 aliphatic carbocycles. The minimum absolute atomic E-state index is 0.0331. The molecule has 3 amide bonds. The summed E-state index contributed by atoms with van der Waals surface area (Å²) in [5.41, 5.74) is 0. The van der Waals surface area contributed by atoms with E-state index in [0.29, 0.717) is 25.7 Å². The summed E-state index contributed by atoms with van der Waals surface area (Å²) in [5.74, 6) is -3.46. The van der Waals surface area contributed by atoms with Crippen LogP contribution in [0.15, 0.2) is 24.3 Å². The van der Waals surface area contributed by atoms with Crippen LogP contribution >= 0.6 is 7.82 Å². The van der Waals surface area contributed by atoms with Crippen LogP contribution in [0.1, 0.15) is 208 Å². The molecule has 103 heavy (non-hydrogen) atoms. The molecule has 598 valence electrons. The van der Waals surface area contributed by atoms with Gasteiger partial charge in [-0.05, 0) is 97.8 Å². The molecule has 1 saturated carbocycles. The number of hydrogen-bond acceptors (Lipinski definition) is 28. The summed E-state index contributed by atoms with van der Waals surface area (Å²) in [4.78, 5) is 64.5. The summed E-state index contributed by atoms with van der Waals surface area (Å²) in [6.45, 7) is 5.37. The van der Waals surface area contributed by atoms with Gasteiger partial charge in [-0.3, -0.25) is 37.5 Å². The summed E-state index contributed by atoms with van der Waals surface area (Å²) >= 11 is 0. The maximum Gasteiger partial charge on any atom is 0.474 e. The van der Waals surface area contributed by atoms with Crippen LogP contribution in [0.5, 0.6) is 0 Å². The van der Waals surface area contributed by atoms with Crippen molar-refractivity contribution in [2.24, 2.45) is 5.92 Å². The number of esters is 2. The van der Waals surface area contributed by atoms with Gasteiger partial charge in [0.05, 0.1) is 50.8 Å². The topological polar surface area (TPSA) is 452 Å². The van der Waals surface area contributed by atoms with Crippen molar-refractivity contribution in [2.45, 2.75) is 331 Å². The first-order valence-electron chi connectivity index (χ1n) is 37.5. The molecule has 0 radical (unpaired) electrons. The molecule has 9 unspecified atom stereocenters. The smallest absolute Gasteiger partial charge is 0.462 e. The van der Waals surface area contributed by atoms with E-state index in [0.717, 1.165) is 84.7 Å². The van der Waals surface area contributed by atoms with Crippen LogP contribution in [0.4, 0.5) is 0 Å². The Morgan fingerprint density at radius 2 is 1.06 bits per heavy atom. The quantitative estimate of drug-likeness (QED) is 0.0178. The fourth-order valence-electron chi connectivity index (χ4n) is 12.5. The highest BCUT2D eigenvalue weighted by Gasteiger charge is 2.56. The average molecular weight is 1500 g/mol. The largest absolute Gasteiger partial charge is 0.474 e. The number of unbranched alkanes of at least 4 members (excludes halogenated alkanes) is 17. The van der Waals surface area contributed by atoms with Crippen molar-refractivity contribution in [1.29, 1.82) is 0 Å². The van der Waals surface area contributed by atoms with Gasteiger partial charge in [-0.1, -0.05) is 102 Å². The highest BCUT2D eigenvalue weighted by Crippen LogP contribution is 2.48. The molecule has 32 heteroatoms. The predicted octanol–water partition coefficient (Wildman–Crippen LogP) is 3.91. The normalized spacial score (nSPS) is 30.6. The maximum absolute atomic E-state index is 13.5. The number of aliphatic hydroxyl groups is 10. The van der Waals surface area contributed by atoms with E-state index < -0.39 is 174 Å². The van der Waals surface area contributed by atoms with Gasteiger partial charge in [0.1, 0.15) is 79.8 Å². The van der Waals surface area contributed by atoms with E-state index >= 15 is 0 Å². The summed E-state index contributed by atoms with van der Waals surface area (Å²) < 4.78 is 83.4. The standard InChI is InChI=1S/C71H126N3O28P/c1-7-9-11-13-15-17-18-19-20-21-22-23-25-27-29-36-56(81)98-50(44-93-55(80)35-28-26-24-16-14-12-10-8-2)45-95-103(90,91-6)94-40-38-73-54(79)34-31-30-33-53(78)72-37-32-39-92-69-57(74-48(5)77)68(67(52(43-76)100-69)102-71-65(89)62(86)59(83)47(4)97-71)99-51-41-49(42-75)60(84)63(87)66(51)101-70-64(88)61(85)58(82)46(3)96-70/h8,10,19-20,46-47,49-52,57-71,75-76,82-89H,7,9,11-18,21-45H2,1-6H3,(H,72,78)(H,73,79)(H,74,77)/b10-8-,20-19-/t46?,47?,49?,50-,51-,52?,57?,58-,59-,60+,61+,62?,63+,64?,65+,66?,67-,68-,69-,70+,71+,103?/m1/s1. The number of carbonyl (C=O) groups excluding carboxylic acids is 5. The third-order valence-electron chi connectivity index (χ3n) is 18.7. The van der Waals surface area contributed by atoms with Gasteiger partial charge >= 0.3 is 19.8 Å². The number of rotatable bonds is 53. The average Bonchev–Trinajstić information content (AvgIpc) is 0.765. The highest BCUT2D eigenvalue weighted by molar-refractivity contribution is 7.48. The first-order valence-corrected chi connectivity index (χ1v) is 39.0. The second-order valence-corrected chi connectivity index (χ2v) is 29.0. The van der Waals surface area contributed by atoms with E-state index in [-0.39, 0.29) is 83.2 Å². The lowest BCUT2D eigenvalue weighted by atomic mass is 9.80. The lowest BCUT2D eigenvalue weighted by Gasteiger charge is -2.51. The molecule has 3 heterocycles. The summed E-state index contributed by atoms with van der Waals surface area (Å²) in [5, 5.41) is 116. The molecule has 4 fully saturated rings. The van der Waals surface area contributed by atoms with E-state index in [1.54, 1.807) is 0 Å². The minimum Gasteiger partial charge on any atom is -0.462 e. The molecular formula is C71H126N3O28P. The second kappa shape index (κ2) is 51.6. The molecule has 3 saturated heterocycles. The lowest BCUT2D eigenvalue weighted by Crippen LogP contribution is -2.69. The number of carbonyl (C=O) groups is 5. The molecule has 31 nitrogen and oxygen atoms in total. The van der Waals surface area contributed by atoms with Crippen LogP contribution in [0.25, 0.3) is 0 Å².